The van der Waals surface area contributed by atoms with E-state index in [2.05, 4.69) is 4.98 Å². The van der Waals surface area contributed by atoms with Gasteiger partial charge in [0.2, 0.25) is 0 Å². The van der Waals surface area contributed by atoms with E-state index < -0.39 is 23.3 Å². The number of carbonyl (C=O) groups is 1. The maximum atomic E-state index is 13.1. The molecule has 0 atom stereocenters. The molecule has 0 amide bonds. The number of hydrogen-bond acceptors (Lipinski definition) is 2. The zero-order valence-electron chi connectivity index (χ0n) is 19.5. The lowest BCUT2D eigenvalue weighted by molar-refractivity contribution is -0.137. The minimum absolute atomic E-state index is 0.214. The quantitative estimate of drug-likeness (QED) is 0.309. The molecule has 182 valence electrons. The van der Waals surface area contributed by atoms with E-state index in [0.717, 1.165) is 45.8 Å². The van der Waals surface area contributed by atoms with E-state index in [1.54, 1.807) is 24.3 Å². The molecule has 1 aliphatic heterocycles. The summed E-state index contributed by atoms with van der Waals surface area (Å²) in [7, 11) is 0. The fourth-order valence-electron chi connectivity index (χ4n) is 4.34. The predicted molar refractivity (Wildman–Crippen MR) is 132 cm³/mol. The summed E-state index contributed by atoms with van der Waals surface area (Å²) in [5, 5.41) is 9.11. The molecule has 2 N–H and O–H groups in total. The molecule has 4 aromatic rings. The van der Waals surface area contributed by atoms with Crippen LogP contribution in [0.1, 0.15) is 40.9 Å². The second kappa shape index (κ2) is 8.45. The Morgan fingerprint density at radius 3 is 2.03 bits per heavy atom. The van der Waals surface area contributed by atoms with Crippen LogP contribution in [0, 0.1) is 0 Å². The number of aromatic amines is 1. The highest BCUT2D eigenvalue weighted by Gasteiger charge is 2.31. The third-order valence-corrected chi connectivity index (χ3v) is 6.10. The Morgan fingerprint density at radius 1 is 0.833 bits per heavy atom. The molecule has 1 aromatic heterocycles. The number of ether oxygens (including phenoxy) is 1. The van der Waals surface area contributed by atoms with Gasteiger partial charge in [-0.15, -0.1) is 0 Å². The molecule has 0 radical (unpaired) electrons. The number of nitrogens with one attached hydrogen (secondary N) is 1. The van der Waals surface area contributed by atoms with E-state index in [1.807, 2.05) is 50.3 Å². The molecule has 0 spiro atoms. The van der Waals surface area contributed by atoms with Crippen molar-refractivity contribution in [1.82, 2.24) is 4.98 Å². The van der Waals surface area contributed by atoms with Gasteiger partial charge in [-0.25, -0.2) is 4.79 Å². The molecule has 0 aliphatic carbocycles. The molecule has 0 saturated heterocycles. The van der Waals surface area contributed by atoms with Gasteiger partial charge >= 0.3 is 12.1 Å². The van der Waals surface area contributed by atoms with E-state index in [0.29, 0.717) is 11.3 Å². The number of benzene rings is 3. The fraction of sp³-hybridized carbons (Fsp3) is 0.138. The van der Waals surface area contributed by atoms with Gasteiger partial charge in [-0.3, -0.25) is 0 Å². The van der Waals surface area contributed by atoms with E-state index >= 15 is 0 Å². The van der Waals surface area contributed by atoms with Crippen molar-refractivity contribution in [2.24, 2.45) is 0 Å². The maximum absolute atomic E-state index is 13.1. The second-order valence-corrected chi connectivity index (χ2v) is 9.22. The first kappa shape index (κ1) is 23.5. The number of halogens is 3. The molecular weight excluding hydrogens is 467 g/mol. The Hall–Kier alpha value is -4.26. The first-order chi connectivity index (χ1) is 17.0. The SMILES string of the molecule is CC1(C)C=C(c2ccc(C(F)(F)F)cc2)c2cc(-c3ccc(-c4ccc(C(=O)O)cc4)[nH]3)ccc2O1. The minimum atomic E-state index is -4.40. The second-order valence-electron chi connectivity index (χ2n) is 9.22. The molecule has 0 saturated carbocycles. The van der Waals surface area contributed by atoms with Gasteiger partial charge in [0.05, 0.1) is 11.1 Å². The van der Waals surface area contributed by atoms with Crippen molar-refractivity contribution < 1.29 is 27.8 Å². The summed E-state index contributed by atoms with van der Waals surface area (Å²) in [5.74, 6) is -0.331. The highest BCUT2D eigenvalue weighted by Crippen LogP contribution is 2.42. The number of fused-ring (bicyclic) bond motifs is 1. The monoisotopic (exact) mass is 489 g/mol. The van der Waals surface area contributed by atoms with Crippen LogP contribution in [0.4, 0.5) is 13.2 Å². The van der Waals surface area contributed by atoms with Crippen molar-refractivity contribution in [1.29, 1.82) is 0 Å². The number of carboxylic acid groups (broad SMARTS) is 1. The molecule has 0 fully saturated rings. The Labute approximate surface area is 205 Å². The Morgan fingerprint density at radius 2 is 1.42 bits per heavy atom. The van der Waals surface area contributed by atoms with Crippen molar-refractivity contribution in [3.05, 3.63) is 107 Å². The lowest BCUT2D eigenvalue weighted by Gasteiger charge is -2.31. The largest absolute Gasteiger partial charge is 0.483 e. The van der Waals surface area contributed by atoms with Crippen molar-refractivity contribution in [2.75, 3.05) is 0 Å². The van der Waals surface area contributed by atoms with Gasteiger partial charge < -0.3 is 14.8 Å². The number of H-pyrrole nitrogens is 1. The predicted octanol–water partition coefficient (Wildman–Crippen LogP) is 7.67. The number of aromatic carboxylic acids is 1. The molecule has 3 aromatic carbocycles. The van der Waals surface area contributed by atoms with Crippen molar-refractivity contribution in [3.8, 4) is 28.3 Å². The van der Waals surface area contributed by atoms with Crippen molar-refractivity contribution >= 4 is 11.5 Å². The van der Waals surface area contributed by atoms with Gasteiger partial charge in [0, 0.05) is 17.0 Å². The van der Waals surface area contributed by atoms with Crippen LogP contribution in [-0.2, 0) is 6.18 Å². The number of alkyl halides is 3. The van der Waals surface area contributed by atoms with Gasteiger partial charge in [-0.05, 0) is 96.8 Å². The van der Waals surface area contributed by atoms with E-state index in [4.69, 9.17) is 9.84 Å². The molecule has 2 heterocycles. The van der Waals surface area contributed by atoms with Crippen LogP contribution in [0.15, 0.2) is 84.9 Å². The maximum Gasteiger partial charge on any atom is 0.416 e. The third-order valence-electron chi connectivity index (χ3n) is 6.10. The summed E-state index contributed by atoms with van der Waals surface area (Å²) < 4.78 is 45.4. The number of carboxylic acids is 1. The van der Waals surface area contributed by atoms with Crippen LogP contribution in [0.2, 0.25) is 0 Å². The normalized spacial score (nSPS) is 14.5. The zero-order valence-corrected chi connectivity index (χ0v) is 19.5. The fourth-order valence-corrected chi connectivity index (χ4v) is 4.34. The molecule has 0 bridgehead atoms. The molecule has 0 unspecified atom stereocenters. The Bertz CT molecular complexity index is 1480. The number of rotatable bonds is 4. The minimum Gasteiger partial charge on any atom is -0.483 e. The first-order valence-corrected chi connectivity index (χ1v) is 11.3. The van der Waals surface area contributed by atoms with Gasteiger partial charge in [-0.2, -0.15) is 13.2 Å². The lowest BCUT2D eigenvalue weighted by Crippen LogP contribution is -2.29. The summed E-state index contributed by atoms with van der Waals surface area (Å²) in [6, 6.07) is 21.3. The highest BCUT2D eigenvalue weighted by atomic mass is 19.4. The van der Waals surface area contributed by atoms with Crippen LogP contribution < -0.4 is 4.74 Å². The standard InChI is InChI=1S/C29H22F3NO3/c1-28(2)16-23(17-7-10-21(11-8-17)29(30,31)32)22-15-20(9-14-26(22)36-28)25-13-12-24(33-25)18-3-5-19(6-4-18)27(34)35/h3-16,33H,1-2H3,(H,34,35). The Kier molecular flexibility index (Phi) is 5.51. The van der Waals surface area contributed by atoms with Crippen LogP contribution in [0.25, 0.3) is 28.1 Å². The highest BCUT2D eigenvalue weighted by molar-refractivity contribution is 5.89. The molecule has 5 rings (SSSR count). The van der Waals surface area contributed by atoms with Gasteiger partial charge in [0.25, 0.3) is 0 Å². The molecule has 4 nitrogen and oxygen atoms in total. The average Bonchev–Trinajstić information content (AvgIpc) is 3.33. The lowest BCUT2D eigenvalue weighted by atomic mass is 9.88. The number of hydrogen-bond donors (Lipinski definition) is 2. The smallest absolute Gasteiger partial charge is 0.416 e. The van der Waals surface area contributed by atoms with E-state index in [1.165, 1.54) is 12.1 Å². The van der Waals surface area contributed by atoms with Gasteiger partial charge in [0.15, 0.2) is 0 Å². The first-order valence-electron chi connectivity index (χ1n) is 11.3. The van der Waals surface area contributed by atoms with Crippen molar-refractivity contribution in [3.63, 3.8) is 0 Å². The van der Waals surface area contributed by atoms with Crippen LogP contribution in [0.3, 0.4) is 0 Å². The summed E-state index contributed by atoms with van der Waals surface area (Å²) in [6.07, 6.45) is -2.47. The molecule has 1 aliphatic rings. The van der Waals surface area contributed by atoms with E-state index in [9.17, 15) is 18.0 Å². The summed E-state index contributed by atoms with van der Waals surface area (Å²) >= 11 is 0. The zero-order chi connectivity index (χ0) is 25.7. The molecule has 36 heavy (non-hydrogen) atoms. The molecule has 7 heteroatoms. The Balaban J connectivity index is 1.51. The van der Waals surface area contributed by atoms with Crippen molar-refractivity contribution in [2.45, 2.75) is 25.6 Å². The summed E-state index contributed by atoms with van der Waals surface area (Å²) in [4.78, 5) is 14.5. The van der Waals surface area contributed by atoms with Crippen LogP contribution in [0.5, 0.6) is 5.75 Å². The topological polar surface area (TPSA) is 62.3 Å². The number of aromatic nitrogens is 1. The van der Waals surface area contributed by atoms with Gasteiger partial charge in [0.1, 0.15) is 11.4 Å². The van der Waals surface area contributed by atoms with Crippen LogP contribution in [-0.4, -0.2) is 21.7 Å². The third kappa shape index (κ3) is 4.52. The summed E-state index contributed by atoms with van der Waals surface area (Å²) in [5.41, 5.74) is 4.54. The molecular formula is C29H22F3NO3. The average molecular weight is 489 g/mol. The van der Waals surface area contributed by atoms with Gasteiger partial charge in [-0.1, -0.05) is 24.3 Å². The summed E-state index contributed by atoms with van der Waals surface area (Å²) in [6.45, 7) is 3.81. The van der Waals surface area contributed by atoms with Crippen LogP contribution >= 0.6 is 0 Å². The van der Waals surface area contributed by atoms with E-state index in [-0.39, 0.29) is 5.56 Å².